The lowest BCUT2D eigenvalue weighted by molar-refractivity contribution is -0.121. The second-order valence-corrected chi connectivity index (χ2v) is 7.45. The van der Waals surface area contributed by atoms with Crippen LogP contribution in [0, 0.1) is 12.8 Å². The van der Waals surface area contributed by atoms with Gasteiger partial charge in [0.05, 0.1) is 5.69 Å². The van der Waals surface area contributed by atoms with Gasteiger partial charge in [0.25, 0.3) is 0 Å². The summed E-state index contributed by atoms with van der Waals surface area (Å²) >= 11 is 0. The molecule has 0 radical (unpaired) electrons. The molecule has 0 atom stereocenters. The summed E-state index contributed by atoms with van der Waals surface area (Å²) in [6.45, 7) is 7.64. The van der Waals surface area contributed by atoms with Crippen molar-refractivity contribution in [3.63, 3.8) is 0 Å². The number of likely N-dealkylation sites (tertiary alicyclic amines) is 1. The number of piperidine rings is 1. The average molecular weight is 385 g/mol. The lowest BCUT2D eigenvalue weighted by atomic mass is 9.93. The van der Waals surface area contributed by atoms with E-state index in [0.29, 0.717) is 18.9 Å². The molecule has 0 spiro atoms. The molecular weight excluding hydrogens is 352 g/mol. The molecule has 0 bridgehead atoms. The van der Waals surface area contributed by atoms with E-state index < -0.39 is 0 Å². The monoisotopic (exact) mass is 384 g/mol. The summed E-state index contributed by atoms with van der Waals surface area (Å²) in [5, 5.41) is 6.14. The lowest BCUT2D eigenvalue weighted by Gasteiger charge is -2.34. The SMILES string of the molecule is CCNC(=NCCc1cn2cccc(C)c2n1)N1CCC(CC(=O)NC)CC1. The minimum absolute atomic E-state index is 0.140. The molecule has 0 aliphatic carbocycles. The number of guanidine groups is 1. The molecule has 7 heteroatoms. The number of nitrogens with zero attached hydrogens (tertiary/aromatic N) is 4. The van der Waals surface area contributed by atoms with Gasteiger partial charge in [0.2, 0.25) is 5.91 Å². The Kier molecular flexibility index (Phi) is 6.90. The summed E-state index contributed by atoms with van der Waals surface area (Å²) in [7, 11) is 1.71. The van der Waals surface area contributed by atoms with Crippen LogP contribution >= 0.6 is 0 Å². The smallest absolute Gasteiger partial charge is 0.220 e. The first kappa shape index (κ1) is 20.2. The standard InChI is InChI=1S/C21H32N6O/c1-4-23-21(26-12-8-17(9-13-26)14-19(28)22-3)24-10-7-18-15-27-11-5-6-16(2)20(27)25-18/h5-6,11,15,17H,4,7-10,12-14H2,1-3H3,(H,22,28)(H,23,24). The molecule has 152 valence electrons. The highest BCUT2D eigenvalue weighted by Gasteiger charge is 2.23. The van der Waals surface area contributed by atoms with E-state index in [9.17, 15) is 4.79 Å². The number of carbonyl (C=O) groups is 1. The van der Waals surface area contributed by atoms with Gasteiger partial charge in [-0.05, 0) is 44.2 Å². The molecule has 3 heterocycles. The van der Waals surface area contributed by atoms with Crippen LogP contribution in [-0.2, 0) is 11.2 Å². The Bertz CT molecular complexity index is 819. The zero-order valence-electron chi connectivity index (χ0n) is 17.2. The Balaban J connectivity index is 1.56. The van der Waals surface area contributed by atoms with Crippen molar-refractivity contribution in [2.45, 2.75) is 39.5 Å². The summed E-state index contributed by atoms with van der Waals surface area (Å²) in [4.78, 5) is 23.5. The topological polar surface area (TPSA) is 74.0 Å². The lowest BCUT2D eigenvalue weighted by Crippen LogP contribution is -2.46. The van der Waals surface area contributed by atoms with E-state index in [0.717, 1.165) is 56.2 Å². The zero-order chi connectivity index (χ0) is 19.9. The second-order valence-electron chi connectivity index (χ2n) is 7.45. The van der Waals surface area contributed by atoms with Gasteiger partial charge < -0.3 is 19.9 Å². The first-order chi connectivity index (χ1) is 13.6. The number of hydrogen-bond donors (Lipinski definition) is 2. The molecule has 1 aliphatic rings. The van der Waals surface area contributed by atoms with Gasteiger partial charge in [-0.1, -0.05) is 6.07 Å². The van der Waals surface area contributed by atoms with E-state index in [4.69, 9.17) is 9.98 Å². The fourth-order valence-electron chi connectivity index (χ4n) is 3.74. The summed E-state index contributed by atoms with van der Waals surface area (Å²) in [6.07, 6.45) is 7.64. The molecule has 2 N–H and O–H groups in total. The summed E-state index contributed by atoms with van der Waals surface area (Å²) < 4.78 is 2.08. The van der Waals surface area contributed by atoms with Crippen molar-refractivity contribution in [3.8, 4) is 0 Å². The van der Waals surface area contributed by atoms with Crippen LogP contribution in [0.25, 0.3) is 5.65 Å². The van der Waals surface area contributed by atoms with Crippen molar-refractivity contribution < 1.29 is 4.79 Å². The van der Waals surface area contributed by atoms with Crippen LogP contribution in [0.2, 0.25) is 0 Å². The minimum Gasteiger partial charge on any atom is -0.359 e. The molecule has 1 saturated heterocycles. The van der Waals surface area contributed by atoms with Crippen LogP contribution < -0.4 is 10.6 Å². The second kappa shape index (κ2) is 9.57. The molecule has 0 aromatic carbocycles. The average Bonchev–Trinajstić information content (AvgIpc) is 3.12. The molecular formula is C21H32N6O. The van der Waals surface area contributed by atoms with Gasteiger partial charge in [0.1, 0.15) is 5.65 Å². The number of aliphatic imine (C=N–C) groups is 1. The van der Waals surface area contributed by atoms with Crippen molar-refractivity contribution in [3.05, 3.63) is 35.8 Å². The maximum atomic E-state index is 11.6. The fraction of sp³-hybridized carbons (Fsp3) is 0.571. The molecule has 1 fully saturated rings. The Labute approximate surface area is 167 Å². The maximum absolute atomic E-state index is 11.6. The Morgan fingerprint density at radius 2 is 2.14 bits per heavy atom. The van der Waals surface area contributed by atoms with Crippen molar-refractivity contribution in [2.24, 2.45) is 10.9 Å². The number of aryl methyl sites for hydroxylation is 1. The highest BCUT2D eigenvalue weighted by molar-refractivity contribution is 5.80. The predicted molar refractivity (Wildman–Crippen MR) is 113 cm³/mol. The number of pyridine rings is 1. The first-order valence-electron chi connectivity index (χ1n) is 10.3. The largest absolute Gasteiger partial charge is 0.359 e. The molecule has 2 aromatic heterocycles. The first-order valence-corrected chi connectivity index (χ1v) is 10.3. The van der Waals surface area contributed by atoms with E-state index in [2.05, 4.69) is 46.0 Å². The van der Waals surface area contributed by atoms with Gasteiger partial charge in [0, 0.05) is 58.5 Å². The van der Waals surface area contributed by atoms with Crippen LogP contribution in [0.5, 0.6) is 0 Å². The quantitative estimate of drug-likeness (QED) is 0.590. The van der Waals surface area contributed by atoms with Crippen LogP contribution in [0.1, 0.15) is 37.4 Å². The molecule has 2 aromatic rings. The van der Waals surface area contributed by atoms with E-state index in [1.165, 1.54) is 5.56 Å². The Hall–Kier alpha value is -2.57. The van der Waals surface area contributed by atoms with E-state index >= 15 is 0 Å². The van der Waals surface area contributed by atoms with E-state index in [1.54, 1.807) is 7.05 Å². The van der Waals surface area contributed by atoms with Crippen molar-refractivity contribution in [1.29, 1.82) is 0 Å². The molecule has 7 nitrogen and oxygen atoms in total. The summed E-state index contributed by atoms with van der Waals surface area (Å²) in [5.74, 6) is 1.59. The molecule has 0 saturated carbocycles. The molecule has 0 unspecified atom stereocenters. The molecule has 1 amide bonds. The van der Waals surface area contributed by atoms with Crippen LogP contribution in [0.3, 0.4) is 0 Å². The number of aromatic nitrogens is 2. The van der Waals surface area contributed by atoms with Gasteiger partial charge >= 0.3 is 0 Å². The number of fused-ring (bicyclic) bond motifs is 1. The number of carbonyl (C=O) groups excluding carboxylic acids is 1. The third-order valence-electron chi connectivity index (χ3n) is 5.36. The fourth-order valence-corrected chi connectivity index (χ4v) is 3.74. The highest BCUT2D eigenvalue weighted by atomic mass is 16.1. The van der Waals surface area contributed by atoms with E-state index in [1.807, 2.05) is 12.3 Å². The van der Waals surface area contributed by atoms with Crippen LogP contribution in [-0.4, -0.2) is 59.4 Å². The van der Waals surface area contributed by atoms with Crippen molar-refractivity contribution >= 4 is 17.5 Å². The zero-order valence-corrected chi connectivity index (χ0v) is 17.2. The van der Waals surface area contributed by atoms with E-state index in [-0.39, 0.29) is 5.91 Å². The number of imidazole rings is 1. The molecule has 1 aliphatic heterocycles. The van der Waals surface area contributed by atoms with Crippen LogP contribution in [0.4, 0.5) is 0 Å². The summed E-state index contributed by atoms with van der Waals surface area (Å²) in [5.41, 5.74) is 3.27. The third kappa shape index (κ3) is 5.03. The van der Waals surface area contributed by atoms with Crippen molar-refractivity contribution in [2.75, 3.05) is 33.2 Å². The van der Waals surface area contributed by atoms with Gasteiger partial charge in [-0.3, -0.25) is 9.79 Å². The number of rotatable bonds is 6. The van der Waals surface area contributed by atoms with Gasteiger partial charge in [-0.2, -0.15) is 0 Å². The number of amides is 1. The van der Waals surface area contributed by atoms with Gasteiger partial charge in [-0.25, -0.2) is 4.98 Å². The highest BCUT2D eigenvalue weighted by Crippen LogP contribution is 2.20. The van der Waals surface area contributed by atoms with Gasteiger partial charge in [-0.15, -0.1) is 0 Å². The Morgan fingerprint density at radius 3 is 2.82 bits per heavy atom. The molecule has 3 rings (SSSR count). The summed E-state index contributed by atoms with van der Waals surface area (Å²) in [6, 6.07) is 4.13. The normalized spacial score (nSPS) is 15.8. The Morgan fingerprint density at radius 1 is 1.36 bits per heavy atom. The minimum atomic E-state index is 0.140. The van der Waals surface area contributed by atoms with Gasteiger partial charge in [0.15, 0.2) is 5.96 Å². The predicted octanol–water partition coefficient (Wildman–Crippen LogP) is 2.00. The van der Waals surface area contributed by atoms with Crippen LogP contribution in [0.15, 0.2) is 29.5 Å². The maximum Gasteiger partial charge on any atom is 0.220 e. The van der Waals surface area contributed by atoms with Crippen molar-refractivity contribution in [1.82, 2.24) is 24.9 Å². The number of hydrogen-bond acceptors (Lipinski definition) is 3. The molecule has 28 heavy (non-hydrogen) atoms. The third-order valence-corrected chi connectivity index (χ3v) is 5.36. The number of nitrogens with one attached hydrogen (secondary N) is 2.